The van der Waals surface area contributed by atoms with Crippen LogP contribution in [-0.2, 0) is 11.3 Å². The lowest BCUT2D eigenvalue weighted by Gasteiger charge is -2.17. The van der Waals surface area contributed by atoms with E-state index in [0.29, 0.717) is 18.4 Å². The van der Waals surface area contributed by atoms with Crippen molar-refractivity contribution in [1.29, 1.82) is 0 Å². The lowest BCUT2D eigenvalue weighted by molar-refractivity contribution is 0.102. The van der Waals surface area contributed by atoms with Gasteiger partial charge in [0.25, 0.3) is 0 Å². The highest BCUT2D eigenvalue weighted by Crippen LogP contribution is 2.41. The Hall–Kier alpha value is -2.55. The first-order chi connectivity index (χ1) is 11.8. The van der Waals surface area contributed by atoms with E-state index in [0.717, 1.165) is 25.1 Å². The zero-order valence-corrected chi connectivity index (χ0v) is 13.6. The van der Waals surface area contributed by atoms with Crippen LogP contribution in [0.4, 0.5) is 4.79 Å². The van der Waals surface area contributed by atoms with Crippen LogP contribution in [0.15, 0.2) is 66.7 Å². The molecule has 1 amide bonds. The van der Waals surface area contributed by atoms with Gasteiger partial charge in [0.2, 0.25) is 0 Å². The number of fused-ring (bicyclic) bond motifs is 1. The van der Waals surface area contributed by atoms with Gasteiger partial charge in [-0.05, 0) is 35.0 Å². The predicted molar refractivity (Wildman–Crippen MR) is 94.2 cm³/mol. The lowest BCUT2D eigenvalue weighted by atomic mass is 9.98. The topological polar surface area (TPSA) is 29.5 Å². The average molecular weight is 319 g/mol. The van der Waals surface area contributed by atoms with Crippen LogP contribution in [0, 0.1) is 11.8 Å². The largest absolute Gasteiger partial charge is 0.445 e. The summed E-state index contributed by atoms with van der Waals surface area (Å²) < 4.78 is 5.46. The Balaban J connectivity index is 1.34. The van der Waals surface area contributed by atoms with Crippen molar-refractivity contribution in [3.05, 3.63) is 77.9 Å². The minimum absolute atomic E-state index is 0.192. The van der Waals surface area contributed by atoms with Crippen molar-refractivity contribution >= 4 is 11.7 Å². The van der Waals surface area contributed by atoms with Gasteiger partial charge >= 0.3 is 6.09 Å². The number of amides is 1. The molecule has 0 spiro atoms. The summed E-state index contributed by atoms with van der Waals surface area (Å²) in [4.78, 5) is 14.1. The number of rotatable bonds is 3. The molecule has 0 aromatic heterocycles. The van der Waals surface area contributed by atoms with Gasteiger partial charge in [-0.25, -0.2) is 4.79 Å². The van der Waals surface area contributed by atoms with E-state index in [1.807, 2.05) is 41.3 Å². The van der Waals surface area contributed by atoms with Gasteiger partial charge in [-0.15, -0.1) is 0 Å². The van der Waals surface area contributed by atoms with Crippen molar-refractivity contribution in [2.75, 3.05) is 13.1 Å². The van der Waals surface area contributed by atoms with Crippen LogP contribution >= 0.6 is 0 Å². The SMILES string of the molecule is O=C(OCc1ccccc1)N1C[C@@H]2CC(c3ccccc3)=C[C@@H]2C1. The fourth-order valence-electron chi connectivity index (χ4n) is 3.74. The zero-order chi connectivity index (χ0) is 16.4. The van der Waals surface area contributed by atoms with Crippen LogP contribution < -0.4 is 0 Å². The Morgan fingerprint density at radius 2 is 1.71 bits per heavy atom. The molecule has 1 saturated heterocycles. The number of ether oxygens (including phenoxy) is 1. The molecule has 3 nitrogen and oxygen atoms in total. The van der Waals surface area contributed by atoms with Gasteiger partial charge in [-0.2, -0.15) is 0 Å². The molecule has 1 heterocycles. The molecule has 0 unspecified atom stereocenters. The number of hydrogen-bond acceptors (Lipinski definition) is 2. The normalized spacial score (nSPS) is 22.2. The quantitative estimate of drug-likeness (QED) is 0.841. The first-order valence-electron chi connectivity index (χ1n) is 8.51. The van der Waals surface area contributed by atoms with Gasteiger partial charge in [-0.1, -0.05) is 66.7 Å². The second-order valence-electron chi connectivity index (χ2n) is 6.63. The molecule has 0 N–H and O–H groups in total. The molecule has 24 heavy (non-hydrogen) atoms. The van der Waals surface area contributed by atoms with Crippen LogP contribution in [-0.4, -0.2) is 24.1 Å². The molecule has 0 bridgehead atoms. The van der Waals surface area contributed by atoms with Crippen molar-refractivity contribution in [2.24, 2.45) is 11.8 Å². The van der Waals surface area contributed by atoms with Gasteiger partial charge in [0.1, 0.15) is 6.61 Å². The van der Waals surface area contributed by atoms with Gasteiger partial charge in [0.15, 0.2) is 0 Å². The van der Waals surface area contributed by atoms with Gasteiger partial charge in [0, 0.05) is 13.1 Å². The van der Waals surface area contributed by atoms with Gasteiger partial charge in [-0.3, -0.25) is 0 Å². The summed E-state index contributed by atoms with van der Waals surface area (Å²) in [5, 5.41) is 0. The third-order valence-electron chi connectivity index (χ3n) is 5.00. The number of likely N-dealkylation sites (tertiary alicyclic amines) is 1. The molecule has 2 aromatic carbocycles. The molecule has 3 heteroatoms. The lowest BCUT2D eigenvalue weighted by Crippen LogP contribution is -2.29. The third-order valence-corrected chi connectivity index (χ3v) is 5.00. The number of nitrogens with zero attached hydrogens (tertiary/aromatic N) is 1. The maximum atomic E-state index is 12.3. The molecule has 2 aliphatic rings. The van der Waals surface area contributed by atoms with E-state index in [1.54, 1.807) is 0 Å². The zero-order valence-electron chi connectivity index (χ0n) is 13.6. The summed E-state index contributed by atoms with van der Waals surface area (Å²) in [5.74, 6) is 0.994. The average Bonchev–Trinajstić information content (AvgIpc) is 3.20. The molecule has 2 aromatic rings. The third kappa shape index (κ3) is 3.07. The standard InChI is InChI=1S/C21H21NO2/c23-21(24-15-16-7-3-1-4-8-16)22-13-19-11-18(12-20(19)14-22)17-9-5-2-6-10-17/h1-11,19-20H,12-15H2/t19-,20+/m1/s1. The van der Waals surface area contributed by atoms with Gasteiger partial charge in [0.05, 0.1) is 0 Å². The van der Waals surface area contributed by atoms with Crippen molar-refractivity contribution in [3.63, 3.8) is 0 Å². The first-order valence-corrected chi connectivity index (χ1v) is 8.51. The number of carbonyl (C=O) groups excluding carboxylic acids is 1. The Bertz CT molecular complexity index is 739. The Kier molecular flexibility index (Phi) is 4.08. The maximum absolute atomic E-state index is 12.3. The van der Waals surface area contributed by atoms with Crippen LogP contribution in [0.25, 0.3) is 5.57 Å². The van der Waals surface area contributed by atoms with E-state index in [4.69, 9.17) is 4.74 Å². The minimum atomic E-state index is -0.192. The Morgan fingerprint density at radius 3 is 2.42 bits per heavy atom. The molecule has 122 valence electrons. The summed E-state index contributed by atoms with van der Waals surface area (Å²) >= 11 is 0. The highest BCUT2D eigenvalue weighted by Gasteiger charge is 2.38. The molecule has 1 fully saturated rings. The monoisotopic (exact) mass is 319 g/mol. The number of benzene rings is 2. The summed E-state index contributed by atoms with van der Waals surface area (Å²) in [7, 11) is 0. The van der Waals surface area contributed by atoms with Crippen LogP contribution in [0.5, 0.6) is 0 Å². The van der Waals surface area contributed by atoms with E-state index in [1.165, 1.54) is 11.1 Å². The number of carbonyl (C=O) groups is 1. The smallest absolute Gasteiger partial charge is 0.410 e. The highest BCUT2D eigenvalue weighted by molar-refractivity contribution is 5.71. The minimum Gasteiger partial charge on any atom is -0.445 e. The van der Waals surface area contributed by atoms with E-state index in [-0.39, 0.29) is 6.09 Å². The van der Waals surface area contributed by atoms with Crippen molar-refractivity contribution < 1.29 is 9.53 Å². The summed E-state index contributed by atoms with van der Waals surface area (Å²) in [6.07, 6.45) is 3.21. The van der Waals surface area contributed by atoms with Crippen molar-refractivity contribution in [2.45, 2.75) is 13.0 Å². The van der Waals surface area contributed by atoms with Crippen LogP contribution in [0.3, 0.4) is 0 Å². The summed E-state index contributed by atoms with van der Waals surface area (Å²) in [6, 6.07) is 20.4. The molecule has 1 aliphatic carbocycles. The van der Waals surface area contributed by atoms with E-state index < -0.39 is 0 Å². The molecule has 0 radical (unpaired) electrons. The predicted octanol–water partition coefficient (Wildman–Crippen LogP) is 4.36. The van der Waals surface area contributed by atoms with Crippen LogP contribution in [0.1, 0.15) is 17.5 Å². The van der Waals surface area contributed by atoms with Gasteiger partial charge < -0.3 is 9.64 Å². The fourth-order valence-corrected chi connectivity index (χ4v) is 3.74. The maximum Gasteiger partial charge on any atom is 0.410 e. The highest BCUT2D eigenvalue weighted by atomic mass is 16.6. The number of hydrogen-bond donors (Lipinski definition) is 0. The molecule has 4 rings (SSSR count). The van der Waals surface area contributed by atoms with Crippen molar-refractivity contribution in [1.82, 2.24) is 4.90 Å². The molecular formula is C21H21NO2. The Morgan fingerprint density at radius 1 is 1.00 bits per heavy atom. The van der Waals surface area contributed by atoms with Crippen molar-refractivity contribution in [3.8, 4) is 0 Å². The van der Waals surface area contributed by atoms with E-state index in [2.05, 4.69) is 30.3 Å². The van der Waals surface area contributed by atoms with E-state index in [9.17, 15) is 4.79 Å². The molecule has 2 atom stereocenters. The summed E-state index contributed by atoms with van der Waals surface area (Å²) in [6.45, 7) is 1.91. The fraction of sp³-hybridized carbons (Fsp3) is 0.286. The Labute approximate surface area is 142 Å². The molecule has 1 aliphatic heterocycles. The number of allylic oxidation sites excluding steroid dienone is 1. The first kappa shape index (κ1) is 15.0. The molecular weight excluding hydrogens is 298 g/mol. The second kappa shape index (κ2) is 6.52. The summed E-state index contributed by atoms with van der Waals surface area (Å²) in [5.41, 5.74) is 3.75. The molecule has 0 saturated carbocycles. The van der Waals surface area contributed by atoms with E-state index >= 15 is 0 Å². The second-order valence-corrected chi connectivity index (χ2v) is 6.63. The van der Waals surface area contributed by atoms with Crippen LogP contribution in [0.2, 0.25) is 0 Å².